The molecule has 0 aliphatic carbocycles. The number of carbonyl (C=O) groups is 1. The first-order valence-electron chi connectivity index (χ1n) is 8.07. The van der Waals surface area contributed by atoms with E-state index < -0.39 is 15.6 Å². The van der Waals surface area contributed by atoms with Crippen molar-refractivity contribution in [3.8, 4) is 10.6 Å². The lowest BCUT2D eigenvalue weighted by Crippen LogP contribution is -2.40. The Morgan fingerprint density at radius 3 is 2.59 bits per heavy atom. The number of thiophene rings is 1. The number of hydrogen-bond acceptors (Lipinski definition) is 6. The van der Waals surface area contributed by atoms with Crippen LogP contribution in [0.25, 0.3) is 10.6 Å². The van der Waals surface area contributed by atoms with E-state index in [9.17, 15) is 13.2 Å². The molecule has 142 valence electrons. The molecule has 2 heterocycles. The molecule has 0 unspecified atom stereocenters. The van der Waals surface area contributed by atoms with Crippen LogP contribution in [-0.2, 0) is 10.0 Å². The van der Waals surface area contributed by atoms with Crippen molar-refractivity contribution < 1.29 is 13.2 Å². The molecule has 0 aliphatic rings. The molecule has 9 heteroatoms. The van der Waals surface area contributed by atoms with Gasteiger partial charge in [-0.15, -0.1) is 11.3 Å². The Morgan fingerprint density at radius 2 is 1.93 bits per heavy atom. The summed E-state index contributed by atoms with van der Waals surface area (Å²) in [5.41, 5.74) is 1.06. The molecule has 3 aromatic rings. The Kier molecular flexibility index (Phi) is 5.48. The van der Waals surface area contributed by atoms with Crippen LogP contribution in [0.5, 0.6) is 0 Å². The number of aromatic nitrogens is 1. The van der Waals surface area contributed by atoms with Crippen molar-refractivity contribution >= 4 is 44.3 Å². The summed E-state index contributed by atoms with van der Waals surface area (Å²) in [7, 11) is -3.68. The van der Waals surface area contributed by atoms with Gasteiger partial charge in [0.25, 0.3) is 5.91 Å². The summed E-state index contributed by atoms with van der Waals surface area (Å²) < 4.78 is 27.5. The summed E-state index contributed by atoms with van der Waals surface area (Å²) >= 11 is 2.95. The highest BCUT2D eigenvalue weighted by molar-refractivity contribution is 7.89. The van der Waals surface area contributed by atoms with E-state index in [-0.39, 0.29) is 10.8 Å². The molecule has 27 heavy (non-hydrogen) atoms. The summed E-state index contributed by atoms with van der Waals surface area (Å²) in [5.74, 6) is -0.383. The van der Waals surface area contributed by atoms with Gasteiger partial charge in [-0.05, 0) is 50.4 Å². The highest BCUT2D eigenvalue weighted by atomic mass is 32.2. The molecule has 2 aromatic heterocycles. The summed E-state index contributed by atoms with van der Waals surface area (Å²) in [6.07, 6.45) is 0. The van der Waals surface area contributed by atoms with Crippen molar-refractivity contribution in [3.63, 3.8) is 0 Å². The number of nitrogens with one attached hydrogen (secondary N) is 2. The van der Waals surface area contributed by atoms with Gasteiger partial charge >= 0.3 is 0 Å². The molecule has 0 atom stereocenters. The number of anilines is 1. The van der Waals surface area contributed by atoms with E-state index >= 15 is 0 Å². The minimum atomic E-state index is -3.68. The molecular formula is C18H19N3O3S3. The van der Waals surface area contributed by atoms with Gasteiger partial charge in [0.1, 0.15) is 10.7 Å². The second-order valence-corrected chi connectivity index (χ2v) is 10.2. The molecule has 0 saturated carbocycles. The van der Waals surface area contributed by atoms with Crippen molar-refractivity contribution in [1.82, 2.24) is 9.71 Å². The second kappa shape index (κ2) is 7.51. The zero-order valence-electron chi connectivity index (χ0n) is 15.0. The van der Waals surface area contributed by atoms with Gasteiger partial charge in [-0.1, -0.05) is 6.07 Å². The Morgan fingerprint density at radius 1 is 1.15 bits per heavy atom. The fraction of sp³-hybridized carbons (Fsp3) is 0.222. The van der Waals surface area contributed by atoms with Crippen molar-refractivity contribution in [3.05, 3.63) is 52.2 Å². The number of amides is 1. The van der Waals surface area contributed by atoms with E-state index in [0.29, 0.717) is 11.4 Å². The number of rotatable bonds is 5. The van der Waals surface area contributed by atoms with Crippen LogP contribution in [0, 0.1) is 0 Å². The molecule has 6 nitrogen and oxygen atoms in total. The van der Waals surface area contributed by atoms with Gasteiger partial charge in [0.05, 0.1) is 4.90 Å². The maximum atomic E-state index is 12.5. The van der Waals surface area contributed by atoms with Crippen LogP contribution in [0.4, 0.5) is 5.69 Å². The normalized spacial score (nSPS) is 12.1. The second-order valence-electron chi connectivity index (χ2n) is 6.89. The number of hydrogen-bond donors (Lipinski definition) is 2. The summed E-state index contributed by atoms with van der Waals surface area (Å²) in [6, 6.07) is 8.09. The zero-order valence-corrected chi connectivity index (χ0v) is 17.5. The molecule has 1 amide bonds. The highest BCUT2D eigenvalue weighted by Crippen LogP contribution is 2.26. The number of nitrogens with zero attached hydrogens (tertiary/aromatic N) is 1. The van der Waals surface area contributed by atoms with Gasteiger partial charge in [0.2, 0.25) is 10.0 Å². The van der Waals surface area contributed by atoms with E-state index in [1.807, 2.05) is 16.8 Å². The standard InChI is InChI=1S/C18H19N3O3S3/c1-18(2,3)21-27(23,24)14-6-4-5-13(9-14)19-16(22)15-11-26-17(20-15)12-7-8-25-10-12/h4-11,21H,1-3H3,(H,19,22). The molecule has 3 rings (SSSR count). The Hall–Kier alpha value is -2.07. The molecule has 0 radical (unpaired) electrons. The monoisotopic (exact) mass is 421 g/mol. The highest BCUT2D eigenvalue weighted by Gasteiger charge is 2.22. The first-order chi connectivity index (χ1) is 12.6. The molecule has 1 aromatic carbocycles. The maximum absolute atomic E-state index is 12.5. The number of sulfonamides is 1. The van der Waals surface area contributed by atoms with Crippen molar-refractivity contribution in [1.29, 1.82) is 0 Å². The molecule has 0 aliphatic heterocycles. The summed E-state index contributed by atoms with van der Waals surface area (Å²) in [6.45, 7) is 5.30. The lowest BCUT2D eigenvalue weighted by Gasteiger charge is -2.20. The third-order valence-electron chi connectivity index (χ3n) is 3.35. The van der Waals surface area contributed by atoms with Crippen LogP contribution in [0.3, 0.4) is 0 Å². The topological polar surface area (TPSA) is 88.2 Å². The zero-order chi connectivity index (χ0) is 19.7. The van der Waals surface area contributed by atoms with Gasteiger partial charge in [-0.3, -0.25) is 4.79 Å². The van der Waals surface area contributed by atoms with Crippen LogP contribution in [0.1, 0.15) is 31.3 Å². The summed E-state index contributed by atoms with van der Waals surface area (Å²) in [5, 5.41) is 9.08. The quantitative estimate of drug-likeness (QED) is 0.646. The Bertz CT molecular complexity index is 1050. The fourth-order valence-corrected chi connectivity index (χ4v) is 5.27. The van der Waals surface area contributed by atoms with Crippen LogP contribution < -0.4 is 10.0 Å². The van der Waals surface area contributed by atoms with Crippen LogP contribution in [0.15, 0.2) is 51.4 Å². The Labute approximate surface area is 166 Å². The van der Waals surface area contributed by atoms with Gasteiger partial charge in [0, 0.05) is 27.5 Å². The largest absolute Gasteiger partial charge is 0.321 e. The number of benzene rings is 1. The smallest absolute Gasteiger partial charge is 0.275 e. The van der Waals surface area contributed by atoms with Crippen molar-refractivity contribution in [2.45, 2.75) is 31.2 Å². The van der Waals surface area contributed by atoms with Crippen molar-refractivity contribution in [2.75, 3.05) is 5.32 Å². The van der Waals surface area contributed by atoms with E-state index in [1.165, 1.54) is 23.5 Å². The molecular weight excluding hydrogens is 402 g/mol. The van der Waals surface area contributed by atoms with Crippen LogP contribution in [0.2, 0.25) is 0 Å². The first-order valence-corrected chi connectivity index (χ1v) is 11.4. The average Bonchev–Trinajstić information content (AvgIpc) is 3.24. The van der Waals surface area contributed by atoms with E-state index in [1.54, 1.807) is 49.6 Å². The SMILES string of the molecule is CC(C)(C)NS(=O)(=O)c1cccc(NC(=O)c2csc(-c3ccsc3)n2)c1. The van der Waals surface area contributed by atoms with Gasteiger partial charge in [-0.25, -0.2) is 18.1 Å². The molecule has 0 spiro atoms. The fourth-order valence-electron chi connectivity index (χ4n) is 2.29. The van der Waals surface area contributed by atoms with Crippen LogP contribution in [-0.4, -0.2) is 24.8 Å². The average molecular weight is 422 g/mol. The van der Waals surface area contributed by atoms with Crippen molar-refractivity contribution in [2.24, 2.45) is 0 Å². The van der Waals surface area contributed by atoms with E-state index in [0.717, 1.165) is 10.6 Å². The first kappa shape index (κ1) is 19.7. The van der Waals surface area contributed by atoms with Gasteiger partial charge < -0.3 is 5.32 Å². The molecule has 2 N–H and O–H groups in total. The van der Waals surface area contributed by atoms with Crippen LogP contribution >= 0.6 is 22.7 Å². The van der Waals surface area contributed by atoms with E-state index in [4.69, 9.17) is 0 Å². The molecule has 0 saturated heterocycles. The lowest BCUT2D eigenvalue weighted by molar-refractivity contribution is 0.102. The lowest BCUT2D eigenvalue weighted by atomic mass is 10.1. The third-order valence-corrected chi connectivity index (χ3v) is 6.68. The maximum Gasteiger partial charge on any atom is 0.275 e. The van der Waals surface area contributed by atoms with Gasteiger partial charge in [0.15, 0.2) is 0 Å². The number of carbonyl (C=O) groups excluding carboxylic acids is 1. The van der Waals surface area contributed by atoms with E-state index in [2.05, 4.69) is 15.0 Å². The molecule has 0 bridgehead atoms. The van der Waals surface area contributed by atoms with Gasteiger partial charge in [-0.2, -0.15) is 11.3 Å². The molecule has 0 fully saturated rings. The predicted molar refractivity (Wildman–Crippen MR) is 110 cm³/mol. The minimum Gasteiger partial charge on any atom is -0.321 e. The Balaban J connectivity index is 1.77. The number of thiazole rings is 1. The predicted octanol–water partition coefficient (Wildman–Crippen LogP) is 4.20. The minimum absolute atomic E-state index is 0.0902. The third kappa shape index (κ3) is 5.01. The summed E-state index contributed by atoms with van der Waals surface area (Å²) in [4.78, 5) is 16.9.